The van der Waals surface area contributed by atoms with Gasteiger partial charge in [0.1, 0.15) is 0 Å². The molecule has 0 aromatic heterocycles. The number of carbonyl (C=O) groups excluding carboxylic acids is 1. The molecule has 0 aliphatic rings. The lowest BCUT2D eigenvalue weighted by atomic mass is 10.2. The fraction of sp³-hybridized carbons (Fsp3) is 0.0714. The molecule has 0 saturated heterocycles. The van der Waals surface area contributed by atoms with Crippen LogP contribution in [0.1, 0.15) is 5.56 Å². The van der Waals surface area contributed by atoms with E-state index >= 15 is 0 Å². The fourth-order valence-electron chi connectivity index (χ4n) is 1.86. The van der Waals surface area contributed by atoms with E-state index in [4.69, 9.17) is 11.6 Å². The molecule has 0 unspecified atom stereocenters. The van der Waals surface area contributed by atoms with Crippen molar-refractivity contribution < 1.29 is 36.9 Å². The first-order valence-corrected chi connectivity index (χ1v) is 6.79. The predicted octanol–water partition coefficient (Wildman–Crippen LogP) is 5.53. The van der Waals surface area contributed by atoms with Crippen molar-refractivity contribution >= 4 is 29.0 Å². The standard InChI is InChI=1S/C14H8ClF5N2O3/c15-9-5-4-7(6-8(9)14(16,17)18)21-13(23)22-10-2-1-3-11(24-19)12(10)25-20/h1-6H,(H2,21,22,23). The maximum atomic E-state index is 12.8. The molecular formula is C14H8ClF5N2O3. The molecule has 5 nitrogen and oxygen atoms in total. The molecule has 0 fully saturated rings. The molecule has 11 heteroatoms. The van der Waals surface area contributed by atoms with E-state index in [1.165, 1.54) is 6.07 Å². The molecule has 0 spiro atoms. The summed E-state index contributed by atoms with van der Waals surface area (Å²) in [6, 6.07) is 5.06. The van der Waals surface area contributed by atoms with Crippen LogP contribution in [0.4, 0.5) is 38.4 Å². The maximum absolute atomic E-state index is 12.8. The second kappa shape index (κ2) is 7.43. The van der Waals surface area contributed by atoms with E-state index in [9.17, 15) is 27.0 Å². The summed E-state index contributed by atoms with van der Waals surface area (Å²) in [5.74, 6) is -1.40. The largest absolute Gasteiger partial charge is 0.417 e. The van der Waals surface area contributed by atoms with Gasteiger partial charge in [-0.2, -0.15) is 13.2 Å². The Kier molecular flexibility index (Phi) is 5.52. The normalized spacial score (nSPS) is 11.0. The van der Waals surface area contributed by atoms with Gasteiger partial charge >= 0.3 is 12.2 Å². The van der Waals surface area contributed by atoms with Crippen molar-refractivity contribution in [1.29, 1.82) is 0 Å². The summed E-state index contributed by atoms with van der Waals surface area (Å²) in [5, 5.41) is 3.64. The molecule has 0 atom stereocenters. The van der Waals surface area contributed by atoms with Gasteiger partial charge in [-0.3, -0.25) is 9.88 Å². The smallest absolute Gasteiger partial charge is 0.308 e. The summed E-state index contributed by atoms with van der Waals surface area (Å²) in [4.78, 5) is 18.6. The predicted molar refractivity (Wildman–Crippen MR) is 79.0 cm³/mol. The highest BCUT2D eigenvalue weighted by Gasteiger charge is 2.33. The summed E-state index contributed by atoms with van der Waals surface area (Å²) >= 11 is 5.46. The average Bonchev–Trinajstić information content (AvgIpc) is 2.55. The highest BCUT2D eigenvalue weighted by Crippen LogP contribution is 2.37. The lowest BCUT2D eigenvalue weighted by Gasteiger charge is -2.13. The van der Waals surface area contributed by atoms with Crippen LogP contribution >= 0.6 is 11.6 Å². The van der Waals surface area contributed by atoms with Gasteiger partial charge < -0.3 is 10.6 Å². The minimum absolute atomic E-state index is 0.227. The molecule has 0 heterocycles. The third-order valence-electron chi connectivity index (χ3n) is 2.92. The van der Waals surface area contributed by atoms with E-state index in [1.54, 1.807) is 0 Å². The first-order valence-electron chi connectivity index (χ1n) is 6.41. The number of halogens is 6. The van der Waals surface area contributed by atoms with Gasteiger partial charge in [0.05, 0.1) is 16.3 Å². The number of hydrogen-bond acceptors (Lipinski definition) is 3. The lowest BCUT2D eigenvalue weighted by molar-refractivity contribution is -0.137. The number of para-hydroxylation sites is 1. The first kappa shape index (κ1) is 18.6. The molecule has 2 rings (SSSR count). The topological polar surface area (TPSA) is 59.6 Å². The van der Waals surface area contributed by atoms with Gasteiger partial charge in [-0.15, -0.1) is 0 Å². The van der Waals surface area contributed by atoms with Gasteiger partial charge in [-0.05, 0) is 30.3 Å². The number of amides is 2. The number of nitrogens with one attached hydrogen (secondary N) is 2. The van der Waals surface area contributed by atoms with Crippen LogP contribution in [-0.4, -0.2) is 6.03 Å². The minimum atomic E-state index is -4.71. The average molecular weight is 383 g/mol. The van der Waals surface area contributed by atoms with Crippen LogP contribution in [-0.2, 0) is 6.18 Å². The van der Waals surface area contributed by atoms with Crippen molar-refractivity contribution in [3.05, 3.63) is 47.0 Å². The molecule has 0 aliphatic carbocycles. The van der Waals surface area contributed by atoms with Crippen molar-refractivity contribution in [3.8, 4) is 11.5 Å². The van der Waals surface area contributed by atoms with Crippen LogP contribution in [0.5, 0.6) is 11.5 Å². The SMILES string of the molecule is O=C(Nc1ccc(Cl)c(C(F)(F)F)c1)Nc1cccc(OF)c1OF. The van der Waals surface area contributed by atoms with Crippen molar-refractivity contribution in [2.45, 2.75) is 6.18 Å². The van der Waals surface area contributed by atoms with Gasteiger partial charge in [0.15, 0.2) is 0 Å². The highest BCUT2D eigenvalue weighted by atomic mass is 35.5. The minimum Gasteiger partial charge on any atom is -0.308 e. The summed E-state index contributed by atoms with van der Waals surface area (Å²) in [7, 11) is 0. The van der Waals surface area contributed by atoms with Gasteiger partial charge in [0.25, 0.3) is 0 Å². The van der Waals surface area contributed by atoms with Gasteiger partial charge in [0.2, 0.25) is 11.5 Å². The summed E-state index contributed by atoms with van der Waals surface area (Å²) < 4.78 is 63.0. The molecule has 0 bridgehead atoms. The van der Waals surface area contributed by atoms with Crippen LogP contribution in [0, 0.1) is 0 Å². The quantitative estimate of drug-likeness (QED) is 0.684. The molecule has 0 aliphatic heterocycles. The zero-order valence-electron chi connectivity index (χ0n) is 12.0. The third-order valence-corrected chi connectivity index (χ3v) is 3.25. The van der Waals surface area contributed by atoms with Crippen LogP contribution in [0.3, 0.4) is 0 Å². The van der Waals surface area contributed by atoms with E-state index in [0.717, 1.165) is 24.3 Å². The zero-order valence-corrected chi connectivity index (χ0v) is 12.7. The van der Waals surface area contributed by atoms with Gasteiger partial charge in [-0.1, -0.05) is 17.7 Å². The van der Waals surface area contributed by atoms with Crippen LogP contribution in [0.2, 0.25) is 5.02 Å². The number of carbonyl (C=O) groups is 1. The molecule has 2 N–H and O–H groups in total. The van der Waals surface area contributed by atoms with Crippen LogP contribution < -0.4 is 20.5 Å². The van der Waals surface area contributed by atoms with Crippen molar-refractivity contribution in [2.75, 3.05) is 10.6 Å². The Labute approximate surface area is 142 Å². The number of urea groups is 1. The van der Waals surface area contributed by atoms with Crippen molar-refractivity contribution in [1.82, 2.24) is 0 Å². The number of anilines is 2. The number of alkyl halides is 3. The number of rotatable bonds is 4. The summed E-state index contributed by atoms with van der Waals surface area (Å²) in [6.45, 7) is 0. The monoisotopic (exact) mass is 382 g/mol. The second-order valence-electron chi connectivity index (χ2n) is 4.56. The Balaban J connectivity index is 2.19. The zero-order chi connectivity index (χ0) is 18.6. The van der Waals surface area contributed by atoms with Gasteiger partial charge in [0, 0.05) is 14.7 Å². The first-order chi connectivity index (χ1) is 11.8. The number of benzene rings is 2. The fourth-order valence-corrected chi connectivity index (χ4v) is 2.08. The van der Waals surface area contributed by atoms with Crippen molar-refractivity contribution in [2.24, 2.45) is 0 Å². The Morgan fingerprint density at radius 2 is 1.76 bits per heavy atom. The molecule has 25 heavy (non-hydrogen) atoms. The van der Waals surface area contributed by atoms with E-state index in [0.29, 0.717) is 6.07 Å². The molecule has 2 amide bonds. The van der Waals surface area contributed by atoms with Crippen molar-refractivity contribution in [3.63, 3.8) is 0 Å². The van der Waals surface area contributed by atoms with E-state index in [-0.39, 0.29) is 11.4 Å². The maximum Gasteiger partial charge on any atom is 0.417 e. The summed E-state index contributed by atoms with van der Waals surface area (Å²) in [6.07, 6.45) is -4.71. The van der Waals surface area contributed by atoms with E-state index in [1.807, 2.05) is 0 Å². The Morgan fingerprint density at radius 3 is 2.36 bits per heavy atom. The Morgan fingerprint density at radius 1 is 1.04 bits per heavy atom. The third kappa shape index (κ3) is 4.41. The summed E-state index contributed by atoms with van der Waals surface area (Å²) in [5.41, 5.74) is -1.69. The Hall–Kier alpha value is -2.75. The van der Waals surface area contributed by atoms with E-state index < -0.39 is 34.3 Å². The molecule has 0 saturated carbocycles. The van der Waals surface area contributed by atoms with Crippen LogP contribution in [0.25, 0.3) is 0 Å². The molecular weight excluding hydrogens is 375 g/mol. The molecule has 2 aromatic rings. The molecule has 0 radical (unpaired) electrons. The van der Waals surface area contributed by atoms with Crippen LogP contribution in [0.15, 0.2) is 36.4 Å². The molecule has 2 aromatic carbocycles. The Bertz CT molecular complexity index is 786. The number of hydrogen-bond donors (Lipinski definition) is 2. The second-order valence-corrected chi connectivity index (χ2v) is 4.97. The highest BCUT2D eigenvalue weighted by molar-refractivity contribution is 6.31. The lowest BCUT2D eigenvalue weighted by Crippen LogP contribution is -2.20. The molecule has 134 valence electrons. The van der Waals surface area contributed by atoms with Gasteiger partial charge in [-0.25, -0.2) is 4.79 Å². The van der Waals surface area contributed by atoms with E-state index in [2.05, 4.69) is 20.5 Å².